The topological polar surface area (TPSA) is 38.3 Å². The van der Waals surface area contributed by atoms with Crippen LogP contribution in [0.5, 0.6) is 0 Å². The zero-order valence-corrected chi connectivity index (χ0v) is 9.62. The van der Waals surface area contributed by atoms with Crippen molar-refractivity contribution in [2.24, 2.45) is 0 Å². The molecule has 0 aromatic heterocycles. The van der Waals surface area contributed by atoms with Gasteiger partial charge in [0.25, 0.3) is 0 Å². The third kappa shape index (κ3) is 3.27. The van der Waals surface area contributed by atoms with E-state index in [0.29, 0.717) is 25.1 Å². The predicted molar refractivity (Wildman–Crippen MR) is 62.1 cm³/mol. The van der Waals surface area contributed by atoms with Gasteiger partial charge in [0, 0.05) is 13.2 Å². The van der Waals surface area contributed by atoms with Gasteiger partial charge in [0.2, 0.25) is 5.91 Å². The van der Waals surface area contributed by atoms with Crippen molar-refractivity contribution in [3.63, 3.8) is 0 Å². The largest absolute Gasteiger partial charge is 0.368 e. The van der Waals surface area contributed by atoms with E-state index in [4.69, 9.17) is 4.74 Å². The van der Waals surface area contributed by atoms with Crippen molar-refractivity contribution >= 4 is 5.91 Å². The average molecular weight is 237 g/mol. The lowest BCUT2D eigenvalue weighted by Gasteiger charge is -2.10. The molecular weight excluding hydrogens is 221 g/mol. The maximum absolute atomic E-state index is 13.3. The van der Waals surface area contributed by atoms with Crippen LogP contribution in [-0.2, 0) is 16.0 Å². The van der Waals surface area contributed by atoms with Crippen LogP contribution < -0.4 is 5.32 Å². The summed E-state index contributed by atoms with van der Waals surface area (Å²) in [5, 5.41) is 2.77. The number of hydrogen-bond acceptors (Lipinski definition) is 2. The van der Waals surface area contributed by atoms with Crippen molar-refractivity contribution in [2.45, 2.75) is 25.4 Å². The summed E-state index contributed by atoms with van der Waals surface area (Å²) >= 11 is 0. The molecule has 1 aromatic carbocycles. The highest BCUT2D eigenvalue weighted by molar-refractivity contribution is 5.80. The minimum atomic E-state index is -0.310. The lowest BCUT2D eigenvalue weighted by Crippen LogP contribution is -2.35. The molecule has 3 nitrogen and oxygen atoms in total. The summed E-state index contributed by atoms with van der Waals surface area (Å²) < 4.78 is 18.5. The number of ether oxygens (including phenoxy) is 1. The summed E-state index contributed by atoms with van der Waals surface area (Å²) in [6, 6.07) is 6.61. The van der Waals surface area contributed by atoms with Crippen LogP contribution in [0.15, 0.2) is 24.3 Å². The van der Waals surface area contributed by atoms with Crippen LogP contribution in [0.4, 0.5) is 4.39 Å². The Labute approximate surface area is 100.0 Å². The van der Waals surface area contributed by atoms with Crippen LogP contribution >= 0.6 is 0 Å². The first-order valence-electron chi connectivity index (χ1n) is 5.90. The van der Waals surface area contributed by atoms with Crippen molar-refractivity contribution in [3.05, 3.63) is 35.6 Å². The third-order valence-electron chi connectivity index (χ3n) is 2.87. The standard InChI is InChI=1S/C13H16FNO2/c14-11-5-2-1-4-10(11)7-8-15-13(16)12-6-3-9-17-12/h1-2,4-5,12H,3,6-9H2,(H,15,16)/t12-/m0/s1. The van der Waals surface area contributed by atoms with Gasteiger partial charge >= 0.3 is 0 Å². The molecule has 1 amide bonds. The number of amides is 1. The molecule has 1 atom stereocenters. The van der Waals surface area contributed by atoms with E-state index in [1.807, 2.05) is 0 Å². The monoisotopic (exact) mass is 237 g/mol. The quantitative estimate of drug-likeness (QED) is 0.865. The highest BCUT2D eigenvalue weighted by Crippen LogP contribution is 2.12. The summed E-state index contributed by atoms with van der Waals surface area (Å²) in [6.45, 7) is 1.10. The van der Waals surface area contributed by atoms with Gasteiger partial charge in [0.1, 0.15) is 11.9 Å². The molecular formula is C13H16FNO2. The Morgan fingerprint density at radius 2 is 2.29 bits per heavy atom. The molecule has 0 spiro atoms. The molecule has 4 heteroatoms. The van der Waals surface area contributed by atoms with E-state index in [-0.39, 0.29) is 17.8 Å². The van der Waals surface area contributed by atoms with E-state index >= 15 is 0 Å². The Hall–Kier alpha value is -1.42. The van der Waals surface area contributed by atoms with Crippen molar-refractivity contribution in [1.82, 2.24) is 5.32 Å². The SMILES string of the molecule is O=C(NCCc1ccccc1F)[C@@H]1CCCO1. The highest BCUT2D eigenvalue weighted by Gasteiger charge is 2.22. The second-order valence-electron chi connectivity index (χ2n) is 4.13. The molecule has 17 heavy (non-hydrogen) atoms. The Morgan fingerprint density at radius 1 is 1.47 bits per heavy atom. The van der Waals surface area contributed by atoms with Gasteiger partial charge in [-0.05, 0) is 30.9 Å². The maximum atomic E-state index is 13.3. The molecule has 1 heterocycles. The number of nitrogens with one attached hydrogen (secondary N) is 1. The number of carbonyl (C=O) groups is 1. The smallest absolute Gasteiger partial charge is 0.249 e. The van der Waals surface area contributed by atoms with Crippen LogP contribution in [0, 0.1) is 5.82 Å². The summed E-state index contributed by atoms with van der Waals surface area (Å²) in [6.07, 6.45) is 1.91. The highest BCUT2D eigenvalue weighted by atomic mass is 19.1. The first-order chi connectivity index (χ1) is 8.27. The summed E-state index contributed by atoms with van der Waals surface area (Å²) in [4.78, 5) is 11.6. The molecule has 1 fully saturated rings. The molecule has 0 unspecified atom stereocenters. The number of benzene rings is 1. The van der Waals surface area contributed by atoms with Gasteiger partial charge in [-0.3, -0.25) is 4.79 Å². The zero-order chi connectivity index (χ0) is 12.1. The second-order valence-corrected chi connectivity index (χ2v) is 4.13. The fourth-order valence-electron chi connectivity index (χ4n) is 1.92. The van der Waals surface area contributed by atoms with Crippen molar-refractivity contribution in [3.8, 4) is 0 Å². The minimum Gasteiger partial charge on any atom is -0.368 e. The molecule has 1 aliphatic heterocycles. The van der Waals surface area contributed by atoms with Gasteiger partial charge in [-0.1, -0.05) is 18.2 Å². The Morgan fingerprint density at radius 3 is 3.00 bits per heavy atom. The fraction of sp³-hybridized carbons (Fsp3) is 0.462. The van der Waals surface area contributed by atoms with Crippen LogP contribution in [0.25, 0.3) is 0 Å². The fourth-order valence-corrected chi connectivity index (χ4v) is 1.92. The molecule has 1 aromatic rings. The first kappa shape index (κ1) is 12.0. The normalized spacial score (nSPS) is 19.2. The molecule has 1 N–H and O–H groups in total. The van der Waals surface area contributed by atoms with Crippen molar-refractivity contribution < 1.29 is 13.9 Å². The molecule has 1 aliphatic rings. The Bertz CT molecular complexity index is 389. The zero-order valence-electron chi connectivity index (χ0n) is 9.62. The predicted octanol–water partition coefficient (Wildman–Crippen LogP) is 1.66. The van der Waals surface area contributed by atoms with Crippen molar-refractivity contribution in [1.29, 1.82) is 0 Å². The van der Waals surface area contributed by atoms with E-state index in [9.17, 15) is 9.18 Å². The lowest BCUT2D eigenvalue weighted by molar-refractivity contribution is -0.129. The first-order valence-corrected chi connectivity index (χ1v) is 5.90. The summed E-state index contributed by atoms with van der Waals surface area (Å²) in [5.74, 6) is -0.308. The lowest BCUT2D eigenvalue weighted by atomic mass is 10.1. The molecule has 0 radical (unpaired) electrons. The molecule has 1 saturated heterocycles. The number of halogens is 1. The minimum absolute atomic E-state index is 0.0844. The van der Waals surface area contributed by atoms with Gasteiger partial charge in [0.05, 0.1) is 0 Å². The van der Waals surface area contributed by atoms with Gasteiger partial charge in [0.15, 0.2) is 0 Å². The molecule has 0 saturated carbocycles. The van der Waals surface area contributed by atoms with E-state index in [0.717, 1.165) is 12.8 Å². The number of hydrogen-bond donors (Lipinski definition) is 1. The molecule has 92 valence electrons. The summed E-state index contributed by atoms with van der Waals surface area (Å²) in [7, 11) is 0. The van der Waals surface area contributed by atoms with Crippen LogP contribution in [0.2, 0.25) is 0 Å². The Balaban J connectivity index is 1.76. The molecule has 0 bridgehead atoms. The van der Waals surface area contributed by atoms with E-state index in [2.05, 4.69) is 5.32 Å². The third-order valence-corrected chi connectivity index (χ3v) is 2.87. The average Bonchev–Trinajstić information content (AvgIpc) is 2.85. The summed E-state index contributed by atoms with van der Waals surface area (Å²) in [5.41, 5.74) is 0.625. The van der Waals surface area contributed by atoms with E-state index in [1.165, 1.54) is 6.07 Å². The molecule has 2 rings (SSSR count). The molecule has 0 aliphatic carbocycles. The van der Waals surface area contributed by atoms with Crippen LogP contribution in [0.1, 0.15) is 18.4 Å². The van der Waals surface area contributed by atoms with Gasteiger partial charge in [-0.25, -0.2) is 4.39 Å². The van der Waals surface area contributed by atoms with Crippen LogP contribution in [-0.4, -0.2) is 25.2 Å². The van der Waals surface area contributed by atoms with Crippen LogP contribution in [0.3, 0.4) is 0 Å². The van der Waals surface area contributed by atoms with Gasteiger partial charge in [-0.15, -0.1) is 0 Å². The second kappa shape index (κ2) is 5.77. The number of rotatable bonds is 4. The number of carbonyl (C=O) groups excluding carboxylic acids is 1. The van der Waals surface area contributed by atoms with E-state index < -0.39 is 0 Å². The van der Waals surface area contributed by atoms with E-state index in [1.54, 1.807) is 18.2 Å². The van der Waals surface area contributed by atoms with Crippen molar-refractivity contribution in [2.75, 3.05) is 13.2 Å². The van der Waals surface area contributed by atoms with Gasteiger partial charge < -0.3 is 10.1 Å². The Kier molecular flexibility index (Phi) is 4.09. The maximum Gasteiger partial charge on any atom is 0.249 e. The van der Waals surface area contributed by atoms with Gasteiger partial charge in [-0.2, -0.15) is 0 Å².